The minimum absolute atomic E-state index is 0.0153. The van der Waals surface area contributed by atoms with Gasteiger partial charge in [0.25, 0.3) is 10.9 Å². The van der Waals surface area contributed by atoms with Crippen molar-refractivity contribution in [3.8, 4) is 11.5 Å². The summed E-state index contributed by atoms with van der Waals surface area (Å²) < 4.78 is 28.3. The zero-order chi connectivity index (χ0) is 20.6. The Hall–Kier alpha value is -1.82. The van der Waals surface area contributed by atoms with Gasteiger partial charge in [0.05, 0.1) is 17.3 Å². The Kier molecular flexibility index (Phi) is 5.89. The number of hydrogen-bond acceptors (Lipinski definition) is 9. The van der Waals surface area contributed by atoms with Crippen LogP contribution >= 0.6 is 22.4 Å². The molecule has 0 unspecified atom stereocenters. The lowest BCUT2D eigenvalue weighted by molar-refractivity contribution is 0.208. The van der Waals surface area contributed by atoms with Gasteiger partial charge < -0.3 is 20.1 Å². The van der Waals surface area contributed by atoms with Gasteiger partial charge in [-0.05, 0) is 26.1 Å². The molecule has 0 amide bonds. The van der Waals surface area contributed by atoms with Crippen LogP contribution in [0.4, 0.5) is 11.4 Å². The SMILES string of the molecule is CCOc1c(Nc2ccc(Cl)c(S(O)(O)N3CCN(C)CC3)c2O)c(=O)c1=O. The molecule has 2 aromatic rings. The first kappa shape index (κ1) is 20.9. The van der Waals surface area contributed by atoms with Crippen LogP contribution in [0.3, 0.4) is 0 Å². The monoisotopic (exact) mass is 431 g/mol. The predicted octanol–water partition coefficient (Wildman–Crippen LogP) is 2.06. The summed E-state index contributed by atoms with van der Waals surface area (Å²) in [5, 5.41) is 13.3. The second-order valence-electron chi connectivity index (χ2n) is 6.44. The van der Waals surface area contributed by atoms with Crippen LogP contribution in [0.2, 0.25) is 5.02 Å². The first-order valence-corrected chi connectivity index (χ1v) is 10.5. The third-order valence-electron chi connectivity index (χ3n) is 4.59. The molecule has 11 heteroatoms. The number of rotatable bonds is 6. The number of phenols is 1. The Bertz CT molecular complexity index is 951. The summed E-state index contributed by atoms with van der Waals surface area (Å²) in [6.45, 7) is 3.91. The van der Waals surface area contributed by atoms with Crippen molar-refractivity contribution in [1.29, 1.82) is 0 Å². The fraction of sp³-hybridized carbons (Fsp3) is 0.412. The van der Waals surface area contributed by atoms with E-state index in [0.717, 1.165) is 0 Å². The molecule has 0 aromatic heterocycles. The molecule has 4 N–H and O–H groups in total. The van der Waals surface area contributed by atoms with Crippen molar-refractivity contribution in [3.63, 3.8) is 0 Å². The number of aromatic hydroxyl groups is 1. The fourth-order valence-electron chi connectivity index (χ4n) is 2.98. The highest BCUT2D eigenvalue weighted by molar-refractivity contribution is 8.22. The average molecular weight is 432 g/mol. The number of halogens is 1. The van der Waals surface area contributed by atoms with E-state index in [4.69, 9.17) is 16.3 Å². The number of nitrogens with zero attached hydrogens (tertiary/aromatic N) is 2. The molecule has 1 fully saturated rings. The van der Waals surface area contributed by atoms with E-state index in [-0.39, 0.29) is 33.6 Å². The van der Waals surface area contributed by atoms with E-state index in [2.05, 4.69) is 5.32 Å². The summed E-state index contributed by atoms with van der Waals surface area (Å²) in [6, 6.07) is 2.77. The molecule has 28 heavy (non-hydrogen) atoms. The minimum Gasteiger partial charge on any atom is -0.504 e. The van der Waals surface area contributed by atoms with Gasteiger partial charge in [-0.1, -0.05) is 11.6 Å². The van der Waals surface area contributed by atoms with Crippen molar-refractivity contribution < 1.29 is 18.9 Å². The Morgan fingerprint density at radius 1 is 1.18 bits per heavy atom. The van der Waals surface area contributed by atoms with Gasteiger partial charge >= 0.3 is 0 Å². The lowest BCUT2D eigenvalue weighted by Gasteiger charge is -2.46. The molecule has 0 bridgehead atoms. The Morgan fingerprint density at radius 2 is 1.82 bits per heavy atom. The highest BCUT2D eigenvalue weighted by atomic mass is 35.5. The molecule has 1 aliphatic rings. The number of ether oxygens (including phenoxy) is 1. The van der Waals surface area contributed by atoms with Crippen molar-refractivity contribution >= 4 is 33.8 Å². The number of anilines is 2. The van der Waals surface area contributed by atoms with Gasteiger partial charge in [-0.3, -0.25) is 18.7 Å². The molecule has 1 aliphatic heterocycles. The van der Waals surface area contributed by atoms with Gasteiger partial charge in [-0.25, -0.2) is 0 Å². The van der Waals surface area contributed by atoms with Crippen LogP contribution < -0.4 is 20.9 Å². The van der Waals surface area contributed by atoms with E-state index in [0.29, 0.717) is 26.2 Å². The van der Waals surface area contributed by atoms with Gasteiger partial charge in [0.1, 0.15) is 10.6 Å². The molecule has 0 aliphatic carbocycles. The minimum atomic E-state index is -3.56. The lowest BCUT2D eigenvalue weighted by Crippen LogP contribution is -2.45. The van der Waals surface area contributed by atoms with Crippen LogP contribution in [0.25, 0.3) is 0 Å². The Balaban J connectivity index is 1.96. The van der Waals surface area contributed by atoms with E-state index in [9.17, 15) is 23.8 Å². The van der Waals surface area contributed by atoms with Gasteiger partial charge in [0, 0.05) is 26.2 Å². The van der Waals surface area contributed by atoms with Crippen molar-refractivity contribution in [2.75, 3.05) is 45.2 Å². The van der Waals surface area contributed by atoms with Gasteiger partial charge in [-0.15, -0.1) is 10.8 Å². The van der Waals surface area contributed by atoms with Gasteiger partial charge in [-0.2, -0.15) is 4.31 Å². The van der Waals surface area contributed by atoms with Crippen LogP contribution in [-0.2, 0) is 0 Å². The maximum Gasteiger partial charge on any atom is 0.272 e. The molecule has 154 valence electrons. The van der Waals surface area contributed by atoms with E-state index in [1.165, 1.54) is 16.4 Å². The van der Waals surface area contributed by atoms with Crippen LogP contribution in [0.15, 0.2) is 26.6 Å². The molecule has 3 rings (SSSR count). The molecule has 1 heterocycles. The van der Waals surface area contributed by atoms with E-state index in [1.807, 2.05) is 11.9 Å². The number of likely N-dealkylation sites (N-methyl/N-ethyl adjacent to an activating group) is 1. The number of phenolic OH excluding ortho intramolecular Hbond substituents is 1. The quantitative estimate of drug-likeness (QED) is 0.402. The first-order chi connectivity index (χ1) is 13.2. The topological polar surface area (TPSA) is 123 Å². The van der Waals surface area contributed by atoms with Crippen molar-refractivity contribution in [1.82, 2.24) is 9.21 Å². The first-order valence-electron chi connectivity index (χ1n) is 8.65. The van der Waals surface area contributed by atoms with E-state index < -0.39 is 27.4 Å². The lowest BCUT2D eigenvalue weighted by atomic mass is 10.2. The van der Waals surface area contributed by atoms with E-state index in [1.54, 1.807) is 6.92 Å². The van der Waals surface area contributed by atoms with Crippen molar-refractivity contribution in [2.24, 2.45) is 0 Å². The normalized spacial score (nSPS) is 17.0. The highest BCUT2D eigenvalue weighted by Gasteiger charge is 2.34. The second-order valence-corrected chi connectivity index (χ2v) is 8.81. The number of nitrogens with one attached hydrogen (secondary N) is 1. The largest absolute Gasteiger partial charge is 0.504 e. The highest BCUT2D eigenvalue weighted by Crippen LogP contribution is 2.59. The number of hydrogen-bond donors (Lipinski definition) is 4. The standard InChI is InChI=1S/C17H22ClN3O6S/c1-3-27-16-12(14(23)15(16)24)19-11-5-4-10(18)17(13(11)22)28(25,26)21-8-6-20(2)7-9-21/h4-5,19,22,25-26H,3,6-9H2,1-2H3. The zero-order valence-electron chi connectivity index (χ0n) is 15.4. The molecule has 0 saturated carbocycles. The number of piperazine rings is 1. The van der Waals surface area contributed by atoms with Crippen LogP contribution in [0, 0.1) is 0 Å². The molecule has 1 saturated heterocycles. The molecule has 2 aromatic carbocycles. The maximum atomic E-state index is 11.8. The zero-order valence-corrected chi connectivity index (χ0v) is 17.0. The average Bonchev–Trinajstić information content (AvgIpc) is 2.66. The summed E-state index contributed by atoms with van der Waals surface area (Å²) in [5.74, 6) is -0.615. The van der Waals surface area contributed by atoms with Crippen LogP contribution in [0.5, 0.6) is 11.5 Å². The summed E-state index contributed by atoms with van der Waals surface area (Å²) in [7, 11) is -1.63. The summed E-state index contributed by atoms with van der Waals surface area (Å²) in [5.41, 5.74) is -1.60. The second kappa shape index (κ2) is 7.90. The molecule has 0 radical (unpaired) electrons. The van der Waals surface area contributed by atoms with Crippen molar-refractivity contribution in [3.05, 3.63) is 37.6 Å². The molecule has 0 spiro atoms. The Morgan fingerprint density at radius 3 is 2.43 bits per heavy atom. The third-order valence-corrected chi connectivity index (χ3v) is 7.07. The summed E-state index contributed by atoms with van der Waals surface area (Å²) in [6.07, 6.45) is 0. The molecular weight excluding hydrogens is 410 g/mol. The maximum absolute atomic E-state index is 11.8. The molecular formula is C17H22ClN3O6S. The number of benzene rings is 1. The summed E-state index contributed by atoms with van der Waals surface area (Å²) in [4.78, 5) is 25.3. The van der Waals surface area contributed by atoms with Gasteiger partial charge in [0.2, 0.25) is 0 Å². The van der Waals surface area contributed by atoms with Gasteiger partial charge in [0.15, 0.2) is 11.5 Å². The van der Waals surface area contributed by atoms with Crippen LogP contribution in [-0.4, -0.2) is 63.3 Å². The van der Waals surface area contributed by atoms with E-state index >= 15 is 0 Å². The third kappa shape index (κ3) is 3.59. The predicted molar refractivity (Wildman–Crippen MR) is 109 cm³/mol. The van der Waals surface area contributed by atoms with Crippen molar-refractivity contribution in [2.45, 2.75) is 11.8 Å². The Labute approximate surface area is 168 Å². The fourth-order valence-corrected chi connectivity index (χ4v) is 5.07. The smallest absolute Gasteiger partial charge is 0.272 e. The summed E-state index contributed by atoms with van der Waals surface area (Å²) >= 11 is 6.17. The molecule has 9 nitrogen and oxygen atoms in total. The molecule has 0 atom stereocenters. The van der Waals surface area contributed by atoms with Crippen LogP contribution in [0.1, 0.15) is 6.92 Å².